The minimum absolute atomic E-state index is 0.0391. The van der Waals surface area contributed by atoms with Crippen LogP contribution < -0.4 is 11.1 Å². The van der Waals surface area contributed by atoms with E-state index < -0.39 is 39.0 Å². The van der Waals surface area contributed by atoms with Crippen molar-refractivity contribution in [2.45, 2.75) is 43.5 Å². The minimum atomic E-state index is -4.78. The van der Waals surface area contributed by atoms with E-state index in [2.05, 4.69) is 24.8 Å². The van der Waals surface area contributed by atoms with E-state index in [0.717, 1.165) is 12.8 Å². The van der Waals surface area contributed by atoms with Crippen LogP contribution in [0, 0.1) is 0 Å². The number of aliphatic hydroxyl groups is 1. The van der Waals surface area contributed by atoms with Gasteiger partial charge >= 0.3 is 7.82 Å². The Morgan fingerprint density at radius 3 is 2.85 bits per heavy atom. The quantitative estimate of drug-likeness (QED) is 0.399. The van der Waals surface area contributed by atoms with Gasteiger partial charge in [0.25, 0.3) is 0 Å². The third-order valence-electron chi connectivity index (χ3n) is 4.33. The number of aliphatic hydroxyl groups excluding tert-OH is 1. The molecular formula is C13H18FN6O6P. The van der Waals surface area contributed by atoms with E-state index in [0.29, 0.717) is 11.3 Å². The van der Waals surface area contributed by atoms with Gasteiger partial charge in [0.2, 0.25) is 5.95 Å². The van der Waals surface area contributed by atoms with Gasteiger partial charge in [0.1, 0.15) is 12.2 Å². The van der Waals surface area contributed by atoms with E-state index >= 15 is 0 Å². The molecule has 0 unspecified atom stereocenters. The topological polar surface area (TPSA) is 178 Å². The lowest BCUT2D eigenvalue weighted by molar-refractivity contribution is -0.0451. The Kier molecular flexibility index (Phi) is 4.53. The highest BCUT2D eigenvalue weighted by Crippen LogP contribution is 2.40. The van der Waals surface area contributed by atoms with Gasteiger partial charge in [-0.1, -0.05) is 0 Å². The van der Waals surface area contributed by atoms with Gasteiger partial charge in [0.15, 0.2) is 29.4 Å². The van der Waals surface area contributed by atoms with Crippen molar-refractivity contribution in [3.63, 3.8) is 0 Å². The summed E-state index contributed by atoms with van der Waals surface area (Å²) < 4.78 is 36.4. The zero-order valence-corrected chi connectivity index (χ0v) is 14.7. The molecule has 0 spiro atoms. The van der Waals surface area contributed by atoms with Crippen LogP contribution >= 0.6 is 7.82 Å². The summed E-state index contributed by atoms with van der Waals surface area (Å²) in [6.45, 7) is -0.680. The molecule has 1 saturated heterocycles. The zero-order chi connectivity index (χ0) is 19.3. The number of ether oxygens (including phenoxy) is 1. The van der Waals surface area contributed by atoms with Crippen molar-refractivity contribution in [3.05, 3.63) is 6.33 Å². The highest BCUT2D eigenvalue weighted by atomic mass is 31.2. The van der Waals surface area contributed by atoms with E-state index in [1.54, 1.807) is 0 Å². The van der Waals surface area contributed by atoms with Crippen molar-refractivity contribution < 1.29 is 33.1 Å². The standard InChI is InChI=1S/C13H18FN6O6P/c14-7-9(21)6(3-25-27(22,23)24)26-12(7)20-4-16-8-10(17-5-1-2-5)18-13(15)19-11(8)20/h4-7,9,12,21H,1-3H2,(H2,22,23,24)(H3,15,17,18,19)/t6-,7+,9-,12-/m1/s1. The number of nitrogens with one attached hydrogen (secondary N) is 1. The molecule has 2 fully saturated rings. The number of fused-ring (bicyclic) bond motifs is 1. The summed E-state index contributed by atoms with van der Waals surface area (Å²) in [4.78, 5) is 29.9. The molecule has 2 aromatic rings. The summed E-state index contributed by atoms with van der Waals surface area (Å²) in [5, 5.41) is 13.2. The molecule has 4 rings (SSSR count). The van der Waals surface area contributed by atoms with Gasteiger partial charge in [0.05, 0.1) is 12.9 Å². The summed E-state index contributed by atoms with van der Waals surface area (Å²) >= 11 is 0. The maximum Gasteiger partial charge on any atom is 0.469 e. The molecule has 148 valence electrons. The molecule has 0 amide bonds. The first-order valence-electron chi connectivity index (χ1n) is 8.17. The Morgan fingerprint density at radius 2 is 2.19 bits per heavy atom. The van der Waals surface area contributed by atoms with E-state index in [9.17, 15) is 14.1 Å². The van der Waals surface area contributed by atoms with Crippen molar-refractivity contribution >= 4 is 30.8 Å². The van der Waals surface area contributed by atoms with Crippen molar-refractivity contribution in [1.82, 2.24) is 19.5 Å². The van der Waals surface area contributed by atoms with Gasteiger partial charge in [-0.15, -0.1) is 0 Å². The summed E-state index contributed by atoms with van der Waals surface area (Å²) in [7, 11) is -4.78. The molecule has 27 heavy (non-hydrogen) atoms. The van der Waals surface area contributed by atoms with Crippen LogP contribution in [0.1, 0.15) is 19.1 Å². The predicted octanol–water partition coefficient (Wildman–Crippen LogP) is -0.312. The van der Waals surface area contributed by atoms with Gasteiger partial charge in [-0.05, 0) is 12.8 Å². The molecule has 0 bridgehead atoms. The molecule has 2 aromatic heterocycles. The van der Waals surface area contributed by atoms with Crippen molar-refractivity contribution in [1.29, 1.82) is 0 Å². The number of hydrogen-bond acceptors (Lipinski definition) is 9. The van der Waals surface area contributed by atoms with E-state index in [1.165, 1.54) is 10.9 Å². The Bertz CT molecular complexity index is 903. The fourth-order valence-corrected chi connectivity index (χ4v) is 3.22. The first-order chi connectivity index (χ1) is 12.7. The van der Waals surface area contributed by atoms with Crippen LogP contribution in [0.4, 0.5) is 16.2 Å². The number of imidazole rings is 1. The van der Waals surface area contributed by atoms with E-state index in [1.807, 2.05) is 0 Å². The molecule has 0 radical (unpaired) electrons. The molecule has 0 aromatic carbocycles. The van der Waals surface area contributed by atoms with Gasteiger partial charge in [-0.2, -0.15) is 9.97 Å². The highest BCUT2D eigenvalue weighted by molar-refractivity contribution is 7.46. The highest BCUT2D eigenvalue weighted by Gasteiger charge is 2.46. The molecule has 1 aliphatic heterocycles. The van der Waals surface area contributed by atoms with Gasteiger partial charge in [-0.25, -0.2) is 13.9 Å². The molecular weight excluding hydrogens is 386 g/mol. The predicted molar refractivity (Wildman–Crippen MR) is 89.2 cm³/mol. The number of nitrogens with zero attached hydrogens (tertiary/aromatic N) is 4. The number of alkyl halides is 1. The van der Waals surface area contributed by atoms with Crippen LogP contribution in [0.25, 0.3) is 11.2 Å². The maximum atomic E-state index is 14.6. The SMILES string of the molecule is Nc1nc(NC2CC2)c2ncn([C@@H]3O[C@H](COP(=O)(O)O)[C@@H](O)[C@@H]3F)c2n1. The van der Waals surface area contributed by atoms with Gasteiger partial charge in [0, 0.05) is 6.04 Å². The fraction of sp³-hybridized carbons (Fsp3) is 0.615. The summed E-state index contributed by atoms with van der Waals surface area (Å²) in [6.07, 6.45) is -2.87. The second kappa shape index (κ2) is 6.62. The Hall–Kier alpha value is -1.89. The smallest absolute Gasteiger partial charge is 0.387 e. The van der Waals surface area contributed by atoms with Crippen LogP contribution in [-0.4, -0.2) is 65.4 Å². The number of rotatable bonds is 6. The molecule has 14 heteroatoms. The summed E-state index contributed by atoms with van der Waals surface area (Å²) in [5.74, 6) is 0.386. The van der Waals surface area contributed by atoms with Gasteiger partial charge < -0.3 is 30.7 Å². The van der Waals surface area contributed by atoms with Crippen LogP contribution in [-0.2, 0) is 13.8 Å². The third kappa shape index (κ3) is 3.74. The number of nitrogens with two attached hydrogens (primary N) is 1. The van der Waals surface area contributed by atoms with Crippen molar-refractivity contribution in [2.75, 3.05) is 17.7 Å². The first-order valence-corrected chi connectivity index (χ1v) is 9.70. The number of aromatic nitrogens is 4. The number of nitrogen functional groups attached to an aromatic ring is 1. The summed E-state index contributed by atoms with van der Waals surface area (Å²) in [5.41, 5.74) is 6.32. The lowest BCUT2D eigenvalue weighted by Crippen LogP contribution is -2.31. The molecule has 12 nitrogen and oxygen atoms in total. The molecule has 4 atom stereocenters. The molecule has 1 aliphatic carbocycles. The number of phosphoric acid groups is 1. The Balaban J connectivity index is 1.62. The van der Waals surface area contributed by atoms with Gasteiger partial charge in [-0.3, -0.25) is 9.09 Å². The number of halogens is 1. The van der Waals surface area contributed by atoms with Crippen LogP contribution in [0.5, 0.6) is 0 Å². The monoisotopic (exact) mass is 404 g/mol. The fourth-order valence-electron chi connectivity index (χ4n) is 2.88. The lowest BCUT2D eigenvalue weighted by Gasteiger charge is -2.16. The Morgan fingerprint density at radius 1 is 1.44 bits per heavy atom. The maximum absolute atomic E-state index is 14.6. The average Bonchev–Trinajstić information content (AvgIpc) is 3.23. The van der Waals surface area contributed by atoms with E-state index in [-0.39, 0.29) is 17.6 Å². The van der Waals surface area contributed by atoms with Crippen LogP contribution in [0.15, 0.2) is 6.33 Å². The third-order valence-corrected chi connectivity index (χ3v) is 4.82. The zero-order valence-electron chi connectivity index (χ0n) is 13.8. The number of phosphoric ester groups is 1. The average molecular weight is 404 g/mol. The summed E-state index contributed by atoms with van der Waals surface area (Å²) in [6, 6.07) is 0.278. The first kappa shape index (κ1) is 18.5. The molecule has 3 heterocycles. The number of hydrogen-bond donors (Lipinski definition) is 5. The van der Waals surface area contributed by atoms with Crippen molar-refractivity contribution in [3.8, 4) is 0 Å². The number of anilines is 2. The lowest BCUT2D eigenvalue weighted by atomic mass is 10.1. The Labute approximate surface area is 151 Å². The van der Waals surface area contributed by atoms with Crippen molar-refractivity contribution in [2.24, 2.45) is 0 Å². The molecule has 6 N–H and O–H groups in total. The minimum Gasteiger partial charge on any atom is -0.387 e. The van der Waals surface area contributed by atoms with Crippen LogP contribution in [0.3, 0.4) is 0 Å². The second-order valence-electron chi connectivity index (χ2n) is 6.46. The molecule has 2 aliphatic rings. The normalized spacial score (nSPS) is 28.7. The van der Waals surface area contributed by atoms with E-state index in [4.69, 9.17) is 20.3 Å². The molecule has 1 saturated carbocycles. The second-order valence-corrected chi connectivity index (χ2v) is 7.70. The van der Waals surface area contributed by atoms with Crippen LogP contribution in [0.2, 0.25) is 0 Å². The largest absolute Gasteiger partial charge is 0.469 e.